The van der Waals surface area contributed by atoms with E-state index in [1.165, 1.54) is 0 Å². The number of nitrogens with one attached hydrogen (secondary N) is 1. The SMILES string of the molecule is CCN(CC)C(=O)c1ccc(NC(=O)COC(=O)COc2ccc(OC)cc2)cc1. The van der Waals surface area contributed by atoms with Crippen LogP contribution in [0.3, 0.4) is 0 Å². The van der Waals surface area contributed by atoms with Crippen LogP contribution in [0.25, 0.3) is 0 Å². The summed E-state index contributed by atoms with van der Waals surface area (Å²) in [6.07, 6.45) is 0. The van der Waals surface area contributed by atoms with E-state index in [9.17, 15) is 14.4 Å². The highest BCUT2D eigenvalue weighted by Crippen LogP contribution is 2.17. The normalized spacial score (nSPS) is 10.1. The fourth-order valence-corrected chi connectivity index (χ4v) is 2.59. The molecule has 2 amide bonds. The van der Waals surface area contributed by atoms with Crippen molar-refractivity contribution in [3.63, 3.8) is 0 Å². The Labute approximate surface area is 175 Å². The molecule has 2 aromatic carbocycles. The maximum atomic E-state index is 12.3. The molecule has 0 atom stereocenters. The molecule has 2 aromatic rings. The Morgan fingerprint density at radius 3 is 2.03 bits per heavy atom. The van der Waals surface area contributed by atoms with E-state index in [4.69, 9.17) is 14.2 Å². The van der Waals surface area contributed by atoms with Crippen LogP contribution in [0, 0.1) is 0 Å². The van der Waals surface area contributed by atoms with E-state index in [2.05, 4.69) is 5.32 Å². The maximum absolute atomic E-state index is 12.3. The molecule has 0 unspecified atom stereocenters. The minimum atomic E-state index is -0.666. The number of ether oxygens (including phenoxy) is 3. The number of hydrogen-bond donors (Lipinski definition) is 1. The lowest BCUT2D eigenvalue weighted by molar-refractivity contribution is -0.149. The number of esters is 1. The highest BCUT2D eigenvalue weighted by atomic mass is 16.6. The molecule has 0 saturated heterocycles. The second kappa shape index (κ2) is 11.5. The van der Waals surface area contributed by atoms with Crippen LogP contribution in [-0.4, -0.2) is 56.1 Å². The molecule has 0 saturated carbocycles. The van der Waals surface area contributed by atoms with Gasteiger partial charge >= 0.3 is 5.97 Å². The third-order valence-corrected chi connectivity index (χ3v) is 4.25. The van der Waals surface area contributed by atoms with Gasteiger partial charge < -0.3 is 24.4 Å². The molecule has 160 valence electrons. The van der Waals surface area contributed by atoms with Crippen molar-refractivity contribution >= 4 is 23.5 Å². The molecule has 0 aliphatic heterocycles. The Balaban J connectivity index is 1.75. The van der Waals surface area contributed by atoms with Crippen LogP contribution >= 0.6 is 0 Å². The average Bonchev–Trinajstić information content (AvgIpc) is 2.78. The molecule has 30 heavy (non-hydrogen) atoms. The van der Waals surface area contributed by atoms with Crippen LogP contribution in [0.15, 0.2) is 48.5 Å². The molecule has 0 fully saturated rings. The minimum Gasteiger partial charge on any atom is -0.497 e. The van der Waals surface area contributed by atoms with Crippen LogP contribution in [0.4, 0.5) is 5.69 Å². The Morgan fingerprint density at radius 1 is 0.867 bits per heavy atom. The molecular weight excluding hydrogens is 388 g/mol. The predicted octanol–water partition coefficient (Wildman–Crippen LogP) is 2.74. The minimum absolute atomic E-state index is 0.0660. The zero-order valence-corrected chi connectivity index (χ0v) is 17.3. The largest absolute Gasteiger partial charge is 0.497 e. The first kappa shape index (κ1) is 22.7. The molecule has 8 heteroatoms. The van der Waals surface area contributed by atoms with Gasteiger partial charge in [-0.05, 0) is 62.4 Å². The second-order valence-corrected chi connectivity index (χ2v) is 6.23. The first-order chi connectivity index (χ1) is 14.5. The molecule has 1 N–H and O–H groups in total. The highest BCUT2D eigenvalue weighted by Gasteiger charge is 2.13. The van der Waals surface area contributed by atoms with Gasteiger partial charge in [-0.2, -0.15) is 0 Å². The third kappa shape index (κ3) is 6.80. The van der Waals surface area contributed by atoms with E-state index in [0.29, 0.717) is 35.8 Å². The van der Waals surface area contributed by atoms with Crippen molar-refractivity contribution < 1.29 is 28.6 Å². The summed E-state index contributed by atoms with van der Waals surface area (Å²) in [5.74, 6) is -0.0657. The molecule has 0 spiro atoms. The lowest BCUT2D eigenvalue weighted by Gasteiger charge is -2.18. The number of anilines is 1. The zero-order chi connectivity index (χ0) is 21.9. The number of nitrogens with zero attached hydrogens (tertiary/aromatic N) is 1. The Hall–Kier alpha value is -3.55. The third-order valence-electron chi connectivity index (χ3n) is 4.25. The van der Waals surface area contributed by atoms with E-state index < -0.39 is 18.5 Å². The summed E-state index contributed by atoms with van der Waals surface area (Å²) in [6, 6.07) is 13.3. The predicted molar refractivity (Wildman–Crippen MR) is 112 cm³/mol. The van der Waals surface area contributed by atoms with Gasteiger partial charge in [0.2, 0.25) is 0 Å². The Bertz CT molecular complexity index is 845. The summed E-state index contributed by atoms with van der Waals surface area (Å²) >= 11 is 0. The molecule has 0 heterocycles. The highest BCUT2D eigenvalue weighted by molar-refractivity contribution is 5.96. The summed E-state index contributed by atoms with van der Waals surface area (Å²) in [5.41, 5.74) is 1.04. The molecular formula is C22H26N2O6. The first-order valence-corrected chi connectivity index (χ1v) is 9.58. The number of benzene rings is 2. The quantitative estimate of drug-likeness (QED) is 0.601. The number of carbonyl (C=O) groups excluding carboxylic acids is 3. The van der Waals surface area contributed by atoms with E-state index in [1.54, 1.807) is 60.5 Å². The second-order valence-electron chi connectivity index (χ2n) is 6.23. The molecule has 0 aromatic heterocycles. The fourth-order valence-electron chi connectivity index (χ4n) is 2.59. The number of carbonyl (C=O) groups is 3. The van der Waals surface area contributed by atoms with Gasteiger partial charge in [0.25, 0.3) is 11.8 Å². The molecule has 0 aliphatic rings. The number of hydrogen-bond acceptors (Lipinski definition) is 6. The summed E-state index contributed by atoms with van der Waals surface area (Å²) in [5, 5.41) is 2.61. The van der Waals surface area contributed by atoms with Gasteiger partial charge in [-0.25, -0.2) is 4.79 Å². The van der Waals surface area contributed by atoms with E-state index in [-0.39, 0.29) is 12.5 Å². The summed E-state index contributed by atoms with van der Waals surface area (Å²) in [6.45, 7) is 4.33. The van der Waals surface area contributed by atoms with Crippen molar-refractivity contribution in [1.82, 2.24) is 4.90 Å². The first-order valence-electron chi connectivity index (χ1n) is 9.58. The maximum Gasteiger partial charge on any atom is 0.344 e. The van der Waals surface area contributed by atoms with E-state index >= 15 is 0 Å². The summed E-state index contributed by atoms with van der Waals surface area (Å²) < 4.78 is 15.2. The van der Waals surface area contributed by atoms with Crippen molar-refractivity contribution in [1.29, 1.82) is 0 Å². The lowest BCUT2D eigenvalue weighted by atomic mass is 10.2. The number of amides is 2. The summed E-state index contributed by atoms with van der Waals surface area (Å²) in [7, 11) is 1.55. The van der Waals surface area contributed by atoms with Crippen LogP contribution in [-0.2, 0) is 14.3 Å². The van der Waals surface area contributed by atoms with Crippen LogP contribution in [0.5, 0.6) is 11.5 Å². The number of rotatable bonds is 10. The van der Waals surface area contributed by atoms with Gasteiger partial charge in [-0.1, -0.05) is 0 Å². The summed E-state index contributed by atoms with van der Waals surface area (Å²) in [4.78, 5) is 37.7. The van der Waals surface area contributed by atoms with Gasteiger partial charge in [-0.3, -0.25) is 9.59 Å². The zero-order valence-electron chi connectivity index (χ0n) is 17.3. The van der Waals surface area contributed by atoms with Gasteiger partial charge in [-0.15, -0.1) is 0 Å². The molecule has 0 bridgehead atoms. The smallest absolute Gasteiger partial charge is 0.344 e. The van der Waals surface area contributed by atoms with Gasteiger partial charge in [0.15, 0.2) is 13.2 Å². The molecule has 2 rings (SSSR count). The topological polar surface area (TPSA) is 94.2 Å². The van der Waals surface area contributed by atoms with Gasteiger partial charge in [0.1, 0.15) is 11.5 Å². The lowest BCUT2D eigenvalue weighted by Crippen LogP contribution is -2.30. The molecule has 0 radical (unpaired) electrons. The monoisotopic (exact) mass is 414 g/mol. The average molecular weight is 414 g/mol. The van der Waals surface area contributed by atoms with E-state index in [0.717, 1.165) is 0 Å². The van der Waals surface area contributed by atoms with Crippen molar-refractivity contribution in [3.8, 4) is 11.5 Å². The standard InChI is InChI=1S/C22H26N2O6/c1-4-24(5-2)22(27)16-6-8-17(9-7-16)23-20(25)14-30-21(26)15-29-19-12-10-18(28-3)11-13-19/h6-13H,4-5,14-15H2,1-3H3,(H,23,25). The van der Waals surface area contributed by atoms with Crippen LogP contribution in [0.2, 0.25) is 0 Å². The van der Waals surface area contributed by atoms with E-state index in [1.807, 2.05) is 13.8 Å². The van der Waals surface area contributed by atoms with Crippen molar-refractivity contribution in [2.24, 2.45) is 0 Å². The van der Waals surface area contributed by atoms with Crippen molar-refractivity contribution in [2.45, 2.75) is 13.8 Å². The Kier molecular flexibility index (Phi) is 8.68. The number of methoxy groups -OCH3 is 1. The fraction of sp³-hybridized carbons (Fsp3) is 0.318. The molecule has 8 nitrogen and oxygen atoms in total. The van der Waals surface area contributed by atoms with Crippen molar-refractivity contribution in [2.75, 3.05) is 38.7 Å². The Morgan fingerprint density at radius 2 is 1.47 bits per heavy atom. The van der Waals surface area contributed by atoms with Gasteiger partial charge in [0, 0.05) is 24.3 Å². The van der Waals surface area contributed by atoms with Gasteiger partial charge in [0.05, 0.1) is 7.11 Å². The van der Waals surface area contributed by atoms with Crippen molar-refractivity contribution in [3.05, 3.63) is 54.1 Å². The van der Waals surface area contributed by atoms with Crippen LogP contribution < -0.4 is 14.8 Å². The molecule has 0 aliphatic carbocycles. The van der Waals surface area contributed by atoms with Crippen LogP contribution in [0.1, 0.15) is 24.2 Å².